The van der Waals surface area contributed by atoms with Gasteiger partial charge in [0, 0.05) is 11.9 Å². The molecular weight excluding hydrogens is 288 g/mol. The van der Waals surface area contributed by atoms with Crippen molar-refractivity contribution < 1.29 is 0 Å². The van der Waals surface area contributed by atoms with Gasteiger partial charge in [0.05, 0.1) is 11.4 Å². The van der Waals surface area contributed by atoms with Gasteiger partial charge < -0.3 is 4.98 Å². The third-order valence-corrected chi connectivity index (χ3v) is 4.39. The molecule has 0 saturated carbocycles. The Bertz CT molecular complexity index is 825. The zero-order valence-corrected chi connectivity index (χ0v) is 13.3. The minimum absolute atomic E-state index is 0.709. The number of H-pyrrole nitrogens is 1. The first-order valence-corrected chi connectivity index (χ1v) is 8.10. The highest BCUT2D eigenvalue weighted by Crippen LogP contribution is 2.24. The highest BCUT2D eigenvalue weighted by Gasteiger charge is 2.15. The van der Waals surface area contributed by atoms with Crippen LogP contribution in [-0.4, -0.2) is 25.6 Å². The highest BCUT2D eigenvalue weighted by atomic mass is 32.2. The lowest BCUT2D eigenvalue weighted by Crippen LogP contribution is -2.01. The summed E-state index contributed by atoms with van der Waals surface area (Å²) in [5.74, 6) is 0. The second-order valence-corrected chi connectivity index (χ2v) is 5.86. The molecule has 0 amide bonds. The van der Waals surface area contributed by atoms with Crippen molar-refractivity contribution in [2.24, 2.45) is 7.05 Å². The van der Waals surface area contributed by atoms with Gasteiger partial charge in [-0.2, -0.15) is 5.10 Å². The van der Waals surface area contributed by atoms with Crippen LogP contribution in [0.25, 0.3) is 16.9 Å². The normalized spacial score (nSPS) is 11.3. The number of aryl methyl sites for hydroxylation is 2. The van der Waals surface area contributed by atoms with Crippen LogP contribution in [0.2, 0.25) is 0 Å². The monoisotopic (exact) mass is 304 g/mol. The molecule has 0 spiro atoms. The Hall–Kier alpha value is -1.53. The van der Waals surface area contributed by atoms with Crippen molar-refractivity contribution in [3.05, 3.63) is 34.7 Å². The van der Waals surface area contributed by atoms with Crippen molar-refractivity contribution in [3.63, 3.8) is 0 Å². The van der Waals surface area contributed by atoms with Crippen LogP contribution < -0.4 is 0 Å². The number of thioether (sulfide) groups is 1. The molecule has 4 nitrogen and oxygen atoms in total. The molecule has 3 aromatic rings. The number of aromatic nitrogens is 4. The summed E-state index contributed by atoms with van der Waals surface area (Å²) in [7, 11) is 1.96. The van der Waals surface area contributed by atoms with Crippen molar-refractivity contribution in [3.8, 4) is 5.69 Å². The summed E-state index contributed by atoms with van der Waals surface area (Å²) in [6.45, 7) is 2.10. The van der Waals surface area contributed by atoms with Gasteiger partial charge in [-0.05, 0) is 43.1 Å². The van der Waals surface area contributed by atoms with E-state index < -0.39 is 0 Å². The lowest BCUT2D eigenvalue weighted by Gasteiger charge is -2.06. The number of aromatic amines is 1. The summed E-state index contributed by atoms with van der Waals surface area (Å²) in [6, 6.07) is 8.37. The molecule has 0 atom stereocenters. The Morgan fingerprint density at radius 1 is 1.40 bits per heavy atom. The summed E-state index contributed by atoms with van der Waals surface area (Å²) >= 11 is 7.22. The summed E-state index contributed by atoms with van der Waals surface area (Å²) < 4.78 is 4.66. The van der Waals surface area contributed by atoms with Crippen LogP contribution in [0.15, 0.2) is 29.2 Å². The van der Waals surface area contributed by atoms with E-state index in [1.807, 2.05) is 11.7 Å². The molecule has 6 heteroatoms. The molecule has 104 valence electrons. The van der Waals surface area contributed by atoms with Crippen molar-refractivity contribution >= 4 is 35.1 Å². The van der Waals surface area contributed by atoms with Crippen LogP contribution in [0.5, 0.6) is 0 Å². The molecule has 20 heavy (non-hydrogen) atoms. The molecule has 0 saturated heterocycles. The fourth-order valence-electron chi connectivity index (χ4n) is 2.45. The van der Waals surface area contributed by atoms with Crippen LogP contribution in [-0.2, 0) is 13.5 Å². The Morgan fingerprint density at radius 3 is 2.90 bits per heavy atom. The maximum Gasteiger partial charge on any atom is 0.184 e. The number of hydrogen-bond acceptors (Lipinski definition) is 3. The smallest absolute Gasteiger partial charge is 0.184 e. The van der Waals surface area contributed by atoms with Gasteiger partial charge in [-0.3, -0.25) is 4.57 Å². The largest absolute Gasteiger partial charge is 0.327 e. The van der Waals surface area contributed by atoms with E-state index in [9.17, 15) is 0 Å². The van der Waals surface area contributed by atoms with Gasteiger partial charge in [0.25, 0.3) is 0 Å². The average Bonchev–Trinajstić information content (AvgIpc) is 2.95. The number of nitrogens with one attached hydrogen (secondary N) is 1. The SMILES string of the molecule is CCc1nn(C)c2c1[nH]c(=S)n2-c1cccc(SC)c1. The molecule has 0 radical (unpaired) electrons. The van der Waals surface area contributed by atoms with Crippen molar-refractivity contribution in [1.82, 2.24) is 19.3 Å². The fourth-order valence-corrected chi connectivity index (χ4v) is 3.20. The van der Waals surface area contributed by atoms with E-state index >= 15 is 0 Å². The van der Waals surface area contributed by atoms with Gasteiger partial charge in [-0.15, -0.1) is 11.8 Å². The average molecular weight is 304 g/mol. The second kappa shape index (κ2) is 5.10. The molecule has 0 aliphatic carbocycles. The molecule has 0 bridgehead atoms. The standard InChI is InChI=1S/C14H16N4S2/c1-4-11-12-13(17(2)16-11)18(14(19)15-12)9-6-5-7-10(8-9)20-3/h5-8H,4H2,1-3H3,(H,15,19). The first-order valence-electron chi connectivity index (χ1n) is 6.46. The molecule has 1 aromatic carbocycles. The Labute approximate surface area is 126 Å². The lowest BCUT2D eigenvalue weighted by atomic mass is 10.3. The summed E-state index contributed by atoms with van der Waals surface area (Å²) in [6.07, 6.45) is 2.96. The van der Waals surface area contributed by atoms with E-state index in [-0.39, 0.29) is 0 Å². The first-order chi connectivity index (χ1) is 9.65. The Kier molecular flexibility index (Phi) is 3.43. The van der Waals surface area contributed by atoms with Gasteiger partial charge in [0.2, 0.25) is 0 Å². The molecule has 3 rings (SSSR count). The maximum atomic E-state index is 5.49. The van der Waals surface area contributed by atoms with Crippen molar-refractivity contribution in [1.29, 1.82) is 0 Å². The van der Waals surface area contributed by atoms with Gasteiger partial charge in [0.15, 0.2) is 10.4 Å². The number of hydrogen-bond donors (Lipinski definition) is 1. The second-order valence-electron chi connectivity index (χ2n) is 4.59. The quantitative estimate of drug-likeness (QED) is 0.592. The molecule has 0 unspecified atom stereocenters. The van der Waals surface area contributed by atoms with E-state index in [4.69, 9.17) is 12.2 Å². The predicted molar refractivity (Wildman–Crippen MR) is 86.4 cm³/mol. The summed E-state index contributed by atoms with van der Waals surface area (Å²) in [5, 5.41) is 4.55. The topological polar surface area (TPSA) is 38.5 Å². The van der Waals surface area contributed by atoms with E-state index in [2.05, 4.69) is 52.1 Å². The Morgan fingerprint density at radius 2 is 2.20 bits per heavy atom. The minimum atomic E-state index is 0.709. The van der Waals surface area contributed by atoms with Gasteiger partial charge >= 0.3 is 0 Å². The molecule has 1 N–H and O–H groups in total. The summed E-state index contributed by atoms with van der Waals surface area (Å²) in [5.41, 5.74) is 4.17. The first kappa shape index (κ1) is 13.5. The van der Waals surface area contributed by atoms with Gasteiger partial charge in [-0.1, -0.05) is 13.0 Å². The van der Waals surface area contributed by atoms with E-state index in [1.54, 1.807) is 11.8 Å². The van der Waals surface area contributed by atoms with Gasteiger partial charge in [-0.25, -0.2) is 4.68 Å². The molecule has 2 aromatic heterocycles. The third kappa shape index (κ3) is 1.99. The van der Waals surface area contributed by atoms with Crippen LogP contribution in [0.3, 0.4) is 0 Å². The van der Waals surface area contributed by atoms with Crippen molar-refractivity contribution in [2.75, 3.05) is 6.26 Å². The lowest BCUT2D eigenvalue weighted by molar-refractivity contribution is 0.748. The maximum absolute atomic E-state index is 5.49. The van der Waals surface area contributed by atoms with Crippen molar-refractivity contribution in [2.45, 2.75) is 18.2 Å². The fraction of sp³-hybridized carbons (Fsp3) is 0.286. The minimum Gasteiger partial charge on any atom is -0.327 e. The number of imidazole rings is 1. The van der Waals surface area contributed by atoms with Crippen LogP contribution >= 0.6 is 24.0 Å². The van der Waals surface area contributed by atoms with E-state index in [0.29, 0.717) is 4.77 Å². The number of nitrogens with zero attached hydrogens (tertiary/aromatic N) is 3. The van der Waals surface area contributed by atoms with Crippen LogP contribution in [0.4, 0.5) is 0 Å². The van der Waals surface area contributed by atoms with Crippen LogP contribution in [0, 0.1) is 4.77 Å². The zero-order valence-electron chi connectivity index (χ0n) is 11.7. The van der Waals surface area contributed by atoms with Crippen LogP contribution in [0.1, 0.15) is 12.6 Å². The Balaban J connectivity index is 2.33. The van der Waals surface area contributed by atoms with E-state index in [0.717, 1.165) is 29.0 Å². The number of fused-ring (bicyclic) bond motifs is 1. The van der Waals surface area contributed by atoms with E-state index in [1.165, 1.54) is 4.90 Å². The summed E-state index contributed by atoms with van der Waals surface area (Å²) in [4.78, 5) is 4.51. The molecule has 2 heterocycles. The molecule has 0 aliphatic rings. The molecule has 0 fully saturated rings. The number of benzene rings is 1. The molecular formula is C14H16N4S2. The van der Waals surface area contributed by atoms with Gasteiger partial charge in [0.1, 0.15) is 5.52 Å². The third-order valence-electron chi connectivity index (χ3n) is 3.38. The zero-order chi connectivity index (χ0) is 14.3. The molecule has 0 aliphatic heterocycles. The number of rotatable bonds is 3. The predicted octanol–water partition coefficient (Wildman–Crippen LogP) is 3.71. The highest BCUT2D eigenvalue weighted by molar-refractivity contribution is 7.98.